The second kappa shape index (κ2) is 9.56. The Morgan fingerprint density at radius 2 is 2.00 bits per heavy atom. The topological polar surface area (TPSA) is 82.9 Å². The first kappa shape index (κ1) is 20.9. The van der Waals surface area contributed by atoms with Crippen LogP contribution in [0.1, 0.15) is 29.3 Å². The second-order valence-corrected chi connectivity index (χ2v) is 7.01. The molecule has 0 N–H and O–H groups in total. The molecule has 1 aromatic heterocycles. The molecule has 1 atom stereocenters. The summed E-state index contributed by atoms with van der Waals surface area (Å²) in [5, 5.41) is 4.21. The van der Waals surface area contributed by atoms with E-state index >= 15 is 0 Å². The molecule has 1 aromatic carbocycles. The number of nitrogens with zero attached hydrogens (tertiary/aromatic N) is 3. The molecule has 156 valence electrons. The zero-order valence-corrected chi connectivity index (χ0v) is 17.1. The molecule has 1 fully saturated rings. The van der Waals surface area contributed by atoms with Crippen molar-refractivity contribution in [1.29, 1.82) is 0 Å². The lowest BCUT2D eigenvalue weighted by Crippen LogP contribution is -2.39. The van der Waals surface area contributed by atoms with Crippen molar-refractivity contribution >= 4 is 11.7 Å². The maximum atomic E-state index is 13.1. The number of rotatable bonds is 7. The van der Waals surface area contributed by atoms with Crippen molar-refractivity contribution in [2.24, 2.45) is 0 Å². The van der Waals surface area contributed by atoms with Gasteiger partial charge in [0.05, 0.1) is 33.3 Å². The summed E-state index contributed by atoms with van der Waals surface area (Å²) in [7, 11) is 3.05. The largest absolute Gasteiger partial charge is 0.493 e. The molecule has 0 aliphatic carbocycles. The van der Waals surface area contributed by atoms with E-state index in [1.165, 1.54) is 21.1 Å². The van der Waals surface area contributed by atoms with Gasteiger partial charge in [-0.1, -0.05) is 0 Å². The molecule has 29 heavy (non-hydrogen) atoms. The number of hydrogen-bond acceptors (Lipinski definition) is 6. The van der Waals surface area contributed by atoms with Crippen molar-refractivity contribution in [1.82, 2.24) is 14.7 Å². The summed E-state index contributed by atoms with van der Waals surface area (Å²) in [5.41, 5.74) is 1.10. The van der Waals surface area contributed by atoms with Crippen LogP contribution in [-0.2, 0) is 22.5 Å². The average molecular weight is 401 g/mol. The summed E-state index contributed by atoms with van der Waals surface area (Å²) in [5.74, 6) is 0.799. The lowest BCUT2D eigenvalue weighted by Gasteiger charge is -2.24. The number of ether oxygens (including phenoxy) is 3. The van der Waals surface area contributed by atoms with Crippen LogP contribution in [0.25, 0.3) is 0 Å². The summed E-state index contributed by atoms with van der Waals surface area (Å²) in [6.07, 6.45) is 4.36. The average Bonchev–Trinajstić information content (AvgIpc) is 3.10. The smallest absolute Gasteiger partial charge is 0.227 e. The van der Waals surface area contributed by atoms with Crippen LogP contribution in [0.15, 0.2) is 30.6 Å². The van der Waals surface area contributed by atoms with Crippen molar-refractivity contribution < 1.29 is 23.8 Å². The molecule has 0 spiro atoms. The lowest BCUT2D eigenvalue weighted by atomic mass is 9.99. The van der Waals surface area contributed by atoms with Crippen LogP contribution in [-0.4, -0.2) is 66.4 Å². The van der Waals surface area contributed by atoms with Gasteiger partial charge in [-0.25, -0.2) is 0 Å². The highest BCUT2D eigenvalue weighted by molar-refractivity contribution is 5.97. The summed E-state index contributed by atoms with van der Waals surface area (Å²) in [6.45, 7) is 3.78. The van der Waals surface area contributed by atoms with Crippen LogP contribution in [0.3, 0.4) is 0 Å². The van der Waals surface area contributed by atoms with Gasteiger partial charge in [0.1, 0.15) is 0 Å². The second-order valence-electron chi connectivity index (χ2n) is 7.01. The molecule has 2 heterocycles. The zero-order chi connectivity index (χ0) is 20.8. The molecule has 0 saturated carbocycles. The van der Waals surface area contributed by atoms with E-state index in [0.717, 1.165) is 6.42 Å². The number of carbonyl (C=O) groups excluding carboxylic acids is 2. The number of aromatic nitrogens is 2. The van der Waals surface area contributed by atoms with Gasteiger partial charge < -0.3 is 19.1 Å². The molecule has 0 unspecified atom stereocenters. The molecule has 1 aliphatic heterocycles. The molecule has 3 rings (SSSR count). The third kappa shape index (κ3) is 5.14. The van der Waals surface area contributed by atoms with Crippen molar-refractivity contribution in [3.8, 4) is 11.5 Å². The Balaban J connectivity index is 1.76. The van der Waals surface area contributed by atoms with E-state index < -0.39 is 0 Å². The van der Waals surface area contributed by atoms with Crippen molar-refractivity contribution in [3.63, 3.8) is 0 Å². The molecule has 0 bridgehead atoms. The maximum Gasteiger partial charge on any atom is 0.227 e. The molecule has 8 nitrogen and oxygen atoms in total. The quantitative estimate of drug-likeness (QED) is 0.660. The van der Waals surface area contributed by atoms with Crippen LogP contribution in [0.4, 0.5) is 0 Å². The summed E-state index contributed by atoms with van der Waals surface area (Å²) < 4.78 is 18.3. The Bertz CT molecular complexity index is 850. The normalized spacial score (nSPS) is 16.9. The molecule has 8 heteroatoms. The predicted molar refractivity (Wildman–Crippen MR) is 106 cm³/mol. The van der Waals surface area contributed by atoms with Gasteiger partial charge in [0.25, 0.3) is 0 Å². The summed E-state index contributed by atoms with van der Waals surface area (Å²) in [4.78, 5) is 27.0. The number of methoxy groups -OCH3 is 2. The molecule has 1 aliphatic rings. The van der Waals surface area contributed by atoms with Crippen LogP contribution in [0, 0.1) is 0 Å². The molecule has 0 radical (unpaired) electrons. The third-order valence-electron chi connectivity index (χ3n) is 4.98. The number of hydrogen-bond donors (Lipinski definition) is 0. The zero-order valence-electron chi connectivity index (χ0n) is 17.1. The van der Waals surface area contributed by atoms with Gasteiger partial charge in [0, 0.05) is 37.7 Å². The molecule has 1 saturated heterocycles. The van der Waals surface area contributed by atoms with E-state index in [1.54, 1.807) is 23.0 Å². The molecule has 2 aromatic rings. The van der Waals surface area contributed by atoms with E-state index in [2.05, 4.69) is 5.10 Å². The fourth-order valence-electron chi connectivity index (χ4n) is 3.52. The number of ketones is 1. The van der Waals surface area contributed by atoms with E-state index in [1.807, 2.05) is 17.2 Å². The fourth-order valence-corrected chi connectivity index (χ4v) is 3.52. The highest BCUT2D eigenvalue weighted by atomic mass is 16.5. The van der Waals surface area contributed by atoms with Gasteiger partial charge in [-0.15, -0.1) is 0 Å². The predicted octanol–water partition coefficient (Wildman–Crippen LogP) is 1.96. The minimum atomic E-state index is -0.126. The maximum absolute atomic E-state index is 13.1. The lowest BCUT2D eigenvalue weighted by molar-refractivity contribution is -0.131. The Labute approximate surface area is 170 Å². The Morgan fingerprint density at radius 3 is 2.66 bits per heavy atom. The van der Waals surface area contributed by atoms with E-state index in [0.29, 0.717) is 48.9 Å². The number of carbonyl (C=O) groups is 2. The van der Waals surface area contributed by atoms with Gasteiger partial charge in [-0.05, 0) is 37.1 Å². The van der Waals surface area contributed by atoms with Gasteiger partial charge in [-0.3, -0.25) is 14.3 Å². The number of benzene rings is 1. The Kier molecular flexibility index (Phi) is 6.87. The highest BCUT2D eigenvalue weighted by Gasteiger charge is 2.25. The van der Waals surface area contributed by atoms with E-state index in [4.69, 9.17) is 14.2 Å². The van der Waals surface area contributed by atoms with Crippen LogP contribution < -0.4 is 9.47 Å². The molecular weight excluding hydrogens is 374 g/mol. The number of amides is 1. The van der Waals surface area contributed by atoms with Crippen LogP contribution >= 0.6 is 0 Å². The van der Waals surface area contributed by atoms with Gasteiger partial charge in [0.2, 0.25) is 5.91 Å². The first-order chi connectivity index (χ1) is 14.0. The van der Waals surface area contributed by atoms with Crippen molar-refractivity contribution in [2.75, 3.05) is 33.9 Å². The SMILES string of the molecule is COc1cc(CC(=O)N2CCCO[C@H](Cn3cccn3)C2)c(C(C)=O)cc1OC. The number of Topliss-reactive ketones (excluding diaryl/α,β-unsaturated/α-hetero) is 1. The summed E-state index contributed by atoms with van der Waals surface area (Å²) in [6, 6.07) is 5.21. The monoisotopic (exact) mass is 401 g/mol. The van der Waals surface area contributed by atoms with Crippen LogP contribution in [0.5, 0.6) is 11.5 Å². The highest BCUT2D eigenvalue weighted by Crippen LogP contribution is 2.31. The molecule has 1 amide bonds. The van der Waals surface area contributed by atoms with Crippen molar-refractivity contribution in [2.45, 2.75) is 32.4 Å². The van der Waals surface area contributed by atoms with E-state index in [9.17, 15) is 9.59 Å². The fraction of sp³-hybridized carbons (Fsp3) is 0.476. The Hall–Kier alpha value is -2.87. The Morgan fingerprint density at radius 1 is 1.24 bits per heavy atom. The third-order valence-corrected chi connectivity index (χ3v) is 4.98. The van der Waals surface area contributed by atoms with Gasteiger partial charge in [-0.2, -0.15) is 5.10 Å². The summed E-state index contributed by atoms with van der Waals surface area (Å²) >= 11 is 0. The van der Waals surface area contributed by atoms with Crippen molar-refractivity contribution in [3.05, 3.63) is 41.7 Å². The van der Waals surface area contributed by atoms with Gasteiger partial charge >= 0.3 is 0 Å². The van der Waals surface area contributed by atoms with E-state index in [-0.39, 0.29) is 24.2 Å². The minimum absolute atomic E-state index is 0.0457. The molecular formula is C21H27N3O5. The minimum Gasteiger partial charge on any atom is -0.493 e. The van der Waals surface area contributed by atoms with Crippen LogP contribution in [0.2, 0.25) is 0 Å². The first-order valence-electron chi connectivity index (χ1n) is 9.64. The standard InChI is InChI=1S/C21H27N3O5/c1-15(25)18-12-20(28-3)19(27-2)10-16(18)11-21(26)23-7-5-9-29-17(13-23)14-24-8-4-6-22-24/h4,6,8,10,12,17H,5,7,9,11,13-14H2,1-3H3/t17-/m0/s1. The first-order valence-corrected chi connectivity index (χ1v) is 9.64. The van der Waals surface area contributed by atoms with Gasteiger partial charge in [0.15, 0.2) is 17.3 Å².